The molecule has 3 rings (SSSR count). The Hall–Kier alpha value is -0.550. The van der Waals surface area contributed by atoms with Crippen LogP contribution < -0.4 is 5.32 Å². The first-order chi connectivity index (χ1) is 9.54. The summed E-state index contributed by atoms with van der Waals surface area (Å²) in [5.74, 6) is -0.0670. The minimum Gasteiger partial charge on any atom is -0.505 e. The number of rotatable bonds is 2. The summed E-state index contributed by atoms with van der Waals surface area (Å²) in [4.78, 5) is 0. The lowest BCUT2D eigenvalue weighted by molar-refractivity contribution is 0.476. The van der Waals surface area contributed by atoms with Gasteiger partial charge in [-0.1, -0.05) is 30.1 Å². The number of nitrogens with one attached hydrogen (secondary N) is 1. The first-order valence-corrected chi connectivity index (χ1v) is 8.74. The maximum Gasteiger partial charge on any atom is 0.152 e. The third kappa shape index (κ3) is 2.75. The van der Waals surface area contributed by atoms with Crippen LogP contribution in [0.5, 0.6) is 5.75 Å². The van der Waals surface area contributed by atoms with Crippen molar-refractivity contribution in [3.05, 3.63) is 39.2 Å². The summed E-state index contributed by atoms with van der Waals surface area (Å²) in [7, 11) is 0. The van der Waals surface area contributed by atoms with Gasteiger partial charge in [0.2, 0.25) is 0 Å². The number of anilines is 1. The smallest absolute Gasteiger partial charge is 0.152 e. The zero-order valence-electron chi connectivity index (χ0n) is 10.7. The van der Waals surface area contributed by atoms with Crippen molar-refractivity contribution in [2.75, 3.05) is 5.32 Å². The Bertz CT molecular complexity index is 621. The van der Waals surface area contributed by atoms with E-state index in [-0.39, 0.29) is 21.8 Å². The summed E-state index contributed by atoms with van der Waals surface area (Å²) < 4.78 is 1.37. The number of halogens is 2. The molecule has 0 spiro atoms. The van der Waals surface area contributed by atoms with Crippen LogP contribution in [0.3, 0.4) is 0 Å². The maximum absolute atomic E-state index is 9.61. The van der Waals surface area contributed by atoms with Crippen molar-refractivity contribution >= 4 is 52.0 Å². The molecule has 20 heavy (non-hydrogen) atoms. The SMILES string of the molecule is C[C@H]1CC(Nc2cc(Cl)c(O)c(Cl)c2)c2ccsc2S1. The van der Waals surface area contributed by atoms with Crippen molar-refractivity contribution in [1.82, 2.24) is 0 Å². The first-order valence-electron chi connectivity index (χ1n) is 6.23. The number of hydrogen-bond donors (Lipinski definition) is 2. The minimum absolute atomic E-state index is 0.0670. The standard InChI is InChI=1S/C14H13Cl2NOS2/c1-7-4-12(9-2-3-19-14(9)20-7)17-8-5-10(15)13(18)11(16)6-8/h2-3,5-7,12,17-18H,4H2,1H3/t7-,12?/m0/s1. The van der Waals surface area contributed by atoms with Gasteiger partial charge in [-0.25, -0.2) is 0 Å². The third-order valence-corrected chi connectivity index (χ3v) is 6.19. The second-order valence-corrected chi connectivity index (χ2v) is 8.25. The number of phenolic OH excluding ortho intramolecular Hbond substituents is 1. The quantitative estimate of drug-likeness (QED) is 0.674. The summed E-state index contributed by atoms with van der Waals surface area (Å²) in [6.07, 6.45) is 1.05. The van der Waals surface area contributed by atoms with Gasteiger partial charge in [0.15, 0.2) is 5.75 Å². The van der Waals surface area contributed by atoms with E-state index in [1.165, 1.54) is 9.77 Å². The molecule has 2 N–H and O–H groups in total. The number of thioether (sulfide) groups is 1. The molecule has 1 aromatic carbocycles. The van der Waals surface area contributed by atoms with E-state index in [2.05, 4.69) is 23.7 Å². The van der Waals surface area contributed by atoms with Crippen molar-refractivity contribution in [1.29, 1.82) is 0 Å². The molecule has 106 valence electrons. The zero-order valence-corrected chi connectivity index (χ0v) is 13.8. The third-order valence-electron chi connectivity index (χ3n) is 3.27. The predicted octanol–water partition coefficient (Wildman–Crippen LogP) is 5.80. The van der Waals surface area contributed by atoms with Crippen molar-refractivity contribution in [2.45, 2.75) is 28.8 Å². The van der Waals surface area contributed by atoms with E-state index in [4.69, 9.17) is 23.2 Å². The van der Waals surface area contributed by atoms with E-state index in [0.717, 1.165) is 12.1 Å². The monoisotopic (exact) mass is 345 g/mol. The van der Waals surface area contributed by atoms with Crippen molar-refractivity contribution in [3.8, 4) is 5.75 Å². The maximum atomic E-state index is 9.61. The Morgan fingerprint density at radius 2 is 2.00 bits per heavy atom. The number of fused-ring (bicyclic) bond motifs is 1. The van der Waals surface area contributed by atoms with Gasteiger partial charge < -0.3 is 10.4 Å². The van der Waals surface area contributed by atoms with Crippen molar-refractivity contribution < 1.29 is 5.11 Å². The molecule has 0 saturated heterocycles. The highest BCUT2D eigenvalue weighted by Crippen LogP contribution is 2.45. The van der Waals surface area contributed by atoms with Gasteiger partial charge in [-0.3, -0.25) is 0 Å². The van der Waals surface area contributed by atoms with Gasteiger partial charge in [0.25, 0.3) is 0 Å². The van der Waals surface area contributed by atoms with Crippen LogP contribution in [-0.4, -0.2) is 10.4 Å². The molecule has 2 nitrogen and oxygen atoms in total. The van der Waals surface area contributed by atoms with Crippen molar-refractivity contribution in [2.24, 2.45) is 0 Å². The molecule has 1 unspecified atom stereocenters. The fourth-order valence-corrected chi connectivity index (χ4v) is 5.39. The zero-order chi connectivity index (χ0) is 14.3. The number of benzene rings is 1. The van der Waals surface area contributed by atoms with Gasteiger partial charge in [0.05, 0.1) is 20.3 Å². The topological polar surface area (TPSA) is 32.3 Å². The molecule has 1 aliphatic heterocycles. The number of thiophene rings is 1. The molecule has 6 heteroatoms. The predicted molar refractivity (Wildman–Crippen MR) is 88.7 cm³/mol. The summed E-state index contributed by atoms with van der Waals surface area (Å²) in [6.45, 7) is 2.23. The molecule has 2 aromatic rings. The van der Waals surface area contributed by atoms with Crippen LogP contribution >= 0.6 is 46.3 Å². The van der Waals surface area contributed by atoms with E-state index < -0.39 is 0 Å². The lowest BCUT2D eigenvalue weighted by Gasteiger charge is -2.28. The molecule has 0 amide bonds. The summed E-state index contributed by atoms with van der Waals surface area (Å²) in [5, 5.41) is 16.3. The van der Waals surface area contributed by atoms with Gasteiger partial charge in [-0.05, 0) is 35.6 Å². The number of aromatic hydroxyl groups is 1. The molecular formula is C14H13Cl2NOS2. The molecule has 0 bridgehead atoms. The van der Waals surface area contributed by atoms with Crippen LogP contribution in [0.4, 0.5) is 5.69 Å². The Morgan fingerprint density at radius 1 is 1.30 bits per heavy atom. The summed E-state index contributed by atoms with van der Waals surface area (Å²) >= 11 is 15.6. The Kier molecular flexibility index (Phi) is 4.09. The summed E-state index contributed by atoms with van der Waals surface area (Å²) in [6, 6.07) is 5.84. The Balaban J connectivity index is 1.89. The minimum atomic E-state index is -0.0670. The van der Waals surface area contributed by atoms with Gasteiger partial charge in [0, 0.05) is 10.9 Å². The summed E-state index contributed by atoms with van der Waals surface area (Å²) in [5.41, 5.74) is 2.16. The molecule has 0 fully saturated rings. The Labute approximate surface area is 136 Å². The van der Waals surface area contributed by atoms with E-state index in [0.29, 0.717) is 5.25 Å². The Morgan fingerprint density at radius 3 is 2.70 bits per heavy atom. The van der Waals surface area contributed by atoms with Crippen LogP contribution in [-0.2, 0) is 0 Å². The van der Waals surface area contributed by atoms with Crippen LogP contribution in [0.2, 0.25) is 10.0 Å². The van der Waals surface area contributed by atoms with E-state index in [1.807, 2.05) is 11.8 Å². The fourth-order valence-electron chi connectivity index (χ4n) is 2.34. The molecule has 1 aromatic heterocycles. The van der Waals surface area contributed by atoms with Crippen LogP contribution in [0.25, 0.3) is 0 Å². The highest BCUT2D eigenvalue weighted by molar-refractivity contribution is 8.01. The second kappa shape index (κ2) is 5.68. The molecular weight excluding hydrogens is 333 g/mol. The lowest BCUT2D eigenvalue weighted by atomic mass is 10.0. The number of phenols is 1. The van der Waals surface area contributed by atoms with E-state index in [9.17, 15) is 5.11 Å². The van der Waals surface area contributed by atoms with Gasteiger partial charge in [0.1, 0.15) is 0 Å². The molecule has 0 saturated carbocycles. The molecule has 0 radical (unpaired) electrons. The van der Waals surface area contributed by atoms with Crippen LogP contribution in [0.1, 0.15) is 24.9 Å². The largest absolute Gasteiger partial charge is 0.505 e. The average molecular weight is 346 g/mol. The van der Waals surface area contributed by atoms with Gasteiger partial charge >= 0.3 is 0 Å². The van der Waals surface area contributed by atoms with E-state index in [1.54, 1.807) is 23.5 Å². The lowest BCUT2D eigenvalue weighted by Crippen LogP contribution is -2.18. The molecule has 0 aliphatic carbocycles. The van der Waals surface area contributed by atoms with Gasteiger partial charge in [-0.15, -0.1) is 23.1 Å². The fraction of sp³-hybridized carbons (Fsp3) is 0.286. The van der Waals surface area contributed by atoms with Crippen molar-refractivity contribution in [3.63, 3.8) is 0 Å². The first kappa shape index (κ1) is 14.4. The molecule has 2 heterocycles. The van der Waals surface area contributed by atoms with Crippen LogP contribution in [0, 0.1) is 0 Å². The normalized spacial score (nSPS) is 21.6. The highest BCUT2D eigenvalue weighted by atomic mass is 35.5. The van der Waals surface area contributed by atoms with Crippen LogP contribution in [0.15, 0.2) is 27.8 Å². The highest BCUT2D eigenvalue weighted by Gasteiger charge is 2.26. The molecule has 1 aliphatic rings. The van der Waals surface area contributed by atoms with Gasteiger partial charge in [-0.2, -0.15) is 0 Å². The average Bonchev–Trinajstić information content (AvgIpc) is 2.84. The van der Waals surface area contributed by atoms with E-state index >= 15 is 0 Å². The second-order valence-electron chi connectivity index (χ2n) is 4.81. The molecule has 2 atom stereocenters. The number of hydrogen-bond acceptors (Lipinski definition) is 4.